The number of carbonyl (C=O) groups is 2. The number of ether oxygens (including phenoxy) is 1. The van der Waals surface area contributed by atoms with Gasteiger partial charge >= 0.3 is 5.97 Å². The van der Waals surface area contributed by atoms with Crippen molar-refractivity contribution < 1.29 is 14.3 Å². The number of nitrogens with zero attached hydrogens (tertiary/aromatic N) is 1. The summed E-state index contributed by atoms with van der Waals surface area (Å²) in [4.78, 5) is 24.6. The summed E-state index contributed by atoms with van der Waals surface area (Å²) in [5, 5.41) is 0. The van der Waals surface area contributed by atoms with Gasteiger partial charge < -0.3 is 9.64 Å². The first kappa shape index (κ1) is 15.2. The van der Waals surface area contributed by atoms with Crippen LogP contribution in [0.1, 0.15) is 24.0 Å². The van der Waals surface area contributed by atoms with Gasteiger partial charge in [0, 0.05) is 20.0 Å². The number of amides is 1. The third-order valence-electron chi connectivity index (χ3n) is 3.00. The fourth-order valence-corrected chi connectivity index (χ4v) is 1.70. The van der Waals surface area contributed by atoms with Crippen molar-refractivity contribution in [2.75, 3.05) is 20.7 Å². The first-order valence-corrected chi connectivity index (χ1v) is 6.39. The lowest BCUT2D eigenvalue weighted by atomic mass is 10.1. The Bertz CT molecular complexity index is 426. The maximum absolute atomic E-state index is 12.0. The molecule has 104 valence electrons. The zero-order valence-corrected chi connectivity index (χ0v) is 11.8. The first-order valence-electron chi connectivity index (χ1n) is 6.39. The molecule has 0 unspecified atom stereocenters. The highest BCUT2D eigenvalue weighted by Crippen LogP contribution is 2.06. The van der Waals surface area contributed by atoms with Gasteiger partial charge in [-0.2, -0.15) is 0 Å². The zero-order chi connectivity index (χ0) is 14.3. The Labute approximate surface area is 114 Å². The van der Waals surface area contributed by atoms with Crippen molar-refractivity contribution in [1.82, 2.24) is 4.90 Å². The summed E-state index contributed by atoms with van der Waals surface area (Å²) in [7, 11) is 3.13. The number of aryl methyl sites for hydroxylation is 1. The fourth-order valence-electron chi connectivity index (χ4n) is 1.70. The SMILES string of the molecule is COC(=O)CCCN(C)C(=O)Cc1ccc(C)cc1. The molecule has 19 heavy (non-hydrogen) atoms. The van der Waals surface area contributed by atoms with E-state index in [9.17, 15) is 9.59 Å². The highest BCUT2D eigenvalue weighted by molar-refractivity contribution is 5.78. The Balaban J connectivity index is 2.36. The van der Waals surface area contributed by atoms with Crippen LogP contribution in [0.5, 0.6) is 0 Å². The summed E-state index contributed by atoms with van der Waals surface area (Å²) < 4.78 is 4.56. The van der Waals surface area contributed by atoms with Crippen LogP contribution in [0.25, 0.3) is 0 Å². The number of hydrogen-bond acceptors (Lipinski definition) is 3. The molecule has 1 aromatic carbocycles. The number of hydrogen-bond donors (Lipinski definition) is 0. The van der Waals surface area contributed by atoms with Gasteiger partial charge in [0.05, 0.1) is 13.5 Å². The molecule has 1 amide bonds. The minimum atomic E-state index is -0.237. The monoisotopic (exact) mass is 263 g/mol. The molecule has 0 saturated heterocycles. The van der Waals surface area contributed by atoms with Crippen molar-refractivity contribution >= 4 is 11.9 Å². The molecule has 0 aliphatic heterocycles. The van der Waals surface area contributed by atoms with E-state index in [0.29, 0.717) is 25.8 Å². The summed E-state index contributed by atoms with van der Waals surface area (Å²) in [5.41, 5.74) is 2.19. The summed E-state index contributed by atoms with van der Waals surface area (Å²) in [5.74, 6) is -0.173. The second kappa shape index (κ2) is 7.56. The predicted octanol–water partition coefficient (Wildman–Crippen LogP) is 1.95. The summed E-state index contributed by atoms with van der Waals surface area (Å²) in [6.07, 6.45) is 1.37. The van der Waals surface area contributed by atoms with Gasteiger partial charge in [0.25, 0.3) is 0 Å². The molecule has 0 aliphatic rings. The standard InChI is InChI=1S/C15H21NO3/c1-12-6-8-13(9-7-12)11-14(17)16(2)10-4-5-15(18)19-3/h6-9H,4-5,10-11H2,1-3H3. The summed E-state index contributed by atoms with van der Waals surface area (Å²) in [6, 6.07) is 7.94. The van der Waals surface area contributed by atoms with E-state index in [1.807, 2.05) is 31.2 Å². The van der Waals surface area contributed by atoms with Gasteiger partial charge in [-0.25, -0.2) is 0 Å². The second-order valence-electron chi connectivity index (χ2n) is 4.66. The molecular weight excluding hydrogens is 242 g/mol. The van der Waals surface area contributed by atoms with E-state index in [-0.39, 0.29) is 11.9 Å². The van der Waals surface area contributed by atoms with Crippen molar-refractivity contribution in [2.45, 2.75) is 26.2 Å². The van der Waals surface area contributed by atoms with Crippen LogP contribution in [0, 0.1) is 6.92 Å². The molecule has 0 spiro atoms. The molecule has 4 heteroatoms. The number of carbonyl (C=O) groups excluding carboxylic acids is 2. The number of likely N-dealkylation sites (N-methyl/N-ethyl adjacent to an activating group) is 1. The third-order valence-corrected chi connectivity index (χ3v) is 3.00. The van der Waals surface area contributed by atoms with Crippen molar-refractivity contribution in [3.8, 4) is 0 Å². The molecule has 1 aromatic rings. The number of rotatable bonds is 6. The smallest absolute Gasteiger partial charge is 0.305 e. The average Bonchev–Trinajstić information content (AvgIpc) is 2.40. The van der Waals surface area contributed by atoms with Crippen molar-refractivity contribution in [3.05, 3.63) is 35.4 Å². The third kappa shape index (κ3) is 5.55. The van der Waals surface area contributed by atoms with Gasteiger partial charge in [0.15, 0.2) is 0 Å². The number of benzene rings is 1. The minimum Gasteiger partial charge on any atom is -0.469 e. The summed E-state index contributed by atoms with van der Waals surface area (Å²) >= 11 is 0. The second-order valence-corrected chi connectivity index (χ2v) is 4.66. The Morgan fingerprint density at radius 1 is 1.21 bits per heavy atom. The molecule has 4 nitrogen and oxygen atoms in total. The van der Waals surface area contributed by atoms with Gasteiger partial charge in [0.1, 0.15) is 0 Å². The van der Waals surface area contributed by atoms with Crippen molar-refractivity contribution in [3.63, 3.8) is 0 Å². The van der Waals surface area contributed by atoms with E-state index < -0.39 is 0 Å². The highest BCUT2D eigenvalue weighted by Gasteiger charge is 2.10. The van der Waals surface area contributed by atoms with Gasteiger partial charge in [-0.15, -0.1) is 0 Å². The first-order chi connectivity index (χ1) is 9.02. The van der Waals surface area contributed by atoms with Gasteiger partial charge in [-0.3, -0.25) is 9.59 Å². The highest BCUT2D eigenvalue weighted by atomic mass is 16.5. The van der Waals surface area contributed by atoms with E-state index in [4.69, 9.17) is 0 Å². The van der Waals surface area contributed by atoms with Crippen LogP contribution in [0.4, 0.5) is 0 Å². The Hall–Kier alpha value is -1.84. The molecule has 0 atom stereocenters. The van der Waals surface area contributed by atoms with E-state index in [1.165, 1.54) is 12.7 Å². The summed E-state index contributed by atoms with van der Waals surface area (Å²) in [6.45, 7) is 2.59. The number of esters is 1. The van der Waals surface area contributed by atoms with E-state index in [2.05, 4.69) is 4.74 Å². The van der Waals surface area contributed by atoms with Crippen LogP contribution in [0.2, 0.25) is 0 Å². The molecule has 0 saturated carbocycles. The van der Waals surface area contributed by atoms with Crippen LogP contribution in [0.3, 0.4) is 0 Å². The largest absolute Gasteiger partial charge is 0.469 e. The maximum Gasteiger partial charge on any atom is 0.305 e. The van der Waals surface area contributed by atoms with Crippen LogP contribution in [0.15, 0.2) is 24.3 Å². The van der Waals surface area contributed by atoms with Crippen LogP contribution in [-0.4, -0.2) is 37.5 Å². The Morgan fingerprint density at radius 3 is 2.42 bits per heavy atom. The molecule has 0 heterocycles. The van der Waals surface area contributed by atoms with Crippen molar-refractivity contribution in [2.24, 2.45) is 0 Å². The van der Waals surface area contributed by atoms with E-state index >= 15 is 0 Å². The average molecular weight is 263 g/mol. The number of methoxy groups -OCH3 is 1. The van der Waals surface area contributed by atoms with E-state index in [0.717, 1.165) is 5.56 Å². The van der Waals surface area contributed by atoms with Gasteiger partial charge in [-0.1, -0.05) is 29.8 Å². The molecule has 1 rings (SSSR count). The Morgan fingerprint density at radius 2 is 1.84 bits per heavy atom. The molecule has 0 N–H and O–H groups in total. The van der Waals surface area contributed by atoms with Crippen LogP contribution < -0.4 is 0 Å². The zero-order valence-electron chi connectivity index (χ0n) is 11.8. The lowest BCUT2D eigenvalue weighted by Crippen LogP contribution is -2.29. The molecular formula is C15H21NO3. The lowest BCUT2D eigenvalue weighted by Gasteiger charge is -2.16. The topological polar surface area (TPSA) is 46.6 Å². The molecule has 0 aliphatic carbocycles. The van der Waals surface area contributed by atoms with Crippen LogP contribution in [-0.2, 0) is 20.7 Å². The molecule has 0 bridgehead atoms. The maximum atomic E-state index is 12.0. The quantitative estimate of drug-likeness (QED) is 0.737. The molecule has 0 fully saturated rings. The van der Waals surface area contributed by atoms with E-state index in [1.54, 1.807) is 11.9 Å². The van der Waals surface area contributed by atoms with Gasteiger partial charge in [0.2, 0.25) is 5.91 Å². The van der Waals surface area contributed by atoms with Crippen LogP contribution >= 0.6 is 0 Å². The normalized spacial score (nSPS) is 10.1. The Kier molecular flexibility index (Phi) is 6.06. The predicted molar refractivity (Wildman–Crippen MR) is 73.8 cm³/mol. The van der Waals surface area contributed by atoms with Crippen molar-refractivity contribution in [1.29, 1.82) is 0 Å². The molecule has 0 aromatic heterocycles. The lowest BCUT2D eigenvalue weighted by molar-refractivity contribution is -0.141. The minimum absolute atomic E-state index is 0.0636. The molecule has 0 radical (unpaired) electrons. The fraction of sp³-hybridized carbons (Fsp3) is 0.467. The van der Waals surface area contributed by atoms with Gasteiger partial charge in [-0.05, 0) is 18.9 Å².